The molecule has 0 saturated heterocycles. The van der Waals surface area contributed by atoms with Gasteiger partial charge in [-0.1, -0.05) is 18.2 Å². The van der Waals surface area contributed by atoms with Crippen LogP contribution >= 0.6 is 0 Å². The Hall–Kier alpha value is -7.89. The molecule has 0 fully saturated rings. The summed E-state index contributed by atoms with van der Waals surface area (Å²) in [5, 5.41) is 64.5. The lowest BCUT2D eigenvalue weighted by Crippen LogP contribution is -2.29. The predicted molar refractivity (Wildman–Crippen MR) is 181 cm³/mol. The molecular formula is C36H27N3O15. The molecule has 0 spiro atoms. The van der Waals surface area contributed by atoms with E-state index in [9.17, 15) is 73.8 Å². The van der Waals surface area contributed by atoms with Crippen LogP contribution in [0.15, 0.2) is 72.8 Å². The Bertz CT molecular complexity index is 1920. The molecule has 0 bridgehead atoms. The molecule has 3 amide bonds. The number of carbonyl (C=O) groups excluding carboxylic acids is 3. The van der Waals surface area contributed by atoms with Gasteiger partial charge in [0.15, 0.2) is 0 Å². The van der Waals surface area contributed by atoms with Crippen molar-refractivity contribution in [2.45, 2.75) is 19.6 Å². The second-order valence-electron chi connectivity index (χ2n) is 11.2. The fourth-order valence-electron chi connectivity index (χ4n) is 5.37. The zero-order valence-corrected chi connectivity index (χ0v) is 27.4. The molecule has 0 aromatic heterocycles. The fourth-order valence-corrected chi connectivity index (χ4v) is 5.37. The Morgan fingerprint density at radius 3 is 0.704 bits per heavy atom. The molecule has 4 rings (SSSR count). The SMILES string of the molecule is O=C(NCc1c(C(=O)O)cccc1C(=O)O)c1cc(C(=O)NCc2c(C(=O)O)cccc2C(=O)O)cc(C(=O)NCc2c(C(=O)O)cccc2C(=O)O)c1. The molecule has 0 unspecified atom stereocenters. The highest BCUT2D eigenvalue weighted by Crippen LogP contribution is 2.20. The Labute approximate surface area is 302 Å². The van der Waals surface area contributed by atoms with Gasteiger partial charge >= 0.3 is 35.8 Å². The fraction of sp³-hybridized carbons (Fsp3) is 0.0833. The summed E-state index contributed by atoms with van der Waals surface area (Å²) in [5.74, 6) is -12.1. The third kappa shape index (κ3) is 8.69. The molecule has 54 heavy (non-hydrogen) atoms. The quantitative estimate of drug-likeness (QED) is 0.0846. The van der Waals surface area contributed by atoms with Crippen LogP contribution in [-0.4, -0.2) is 84.2 Å². The summed E-state index contributed by atoms with van der Waals surface area (Å²) in [7, 11) is 0. The van der Waals surface area contributed by atoms with Crippen molar-refractivity contribution in [3.63, 3.8) is 0 Å². The van der Waals surface area contributed by atoms with Crippen LogP contribution in [0.4, 0.5) is 0 Å². The molecule has 276 valence electrons. The van der Waals surface area contributed by atoms with Gasteiger partial charge in [-0.2, -0.15) is 0 Å². The standard InChI is InChI=1S/C36H27N3O15/c40-28(37-13-25-19(31(43)44)4-1-5-20(25)32(45)46)16-10-17(29(41)38-14-26-21(33(47)48)6-2-7-22(26)34(49)50)12-18(11-16)30(42)39-15-27-23(35(51)52)8-3-9-24(27)36(53)54/h1-12H,13-15H2,(H,37,40)(H,38,41)(H,39,42)(H,43,44)(H,45,46)(H,47,48)(H,49,50)(H,51,52)(H,53,54). The van der Waals surface area contributed by atoms with Gasteiger partial charge in [-0.25, -0.2) is 28.8 Å². The van der Waals surface area contributed by atoms with Gasteiger partial charge in [0, 0.05) is 53.0 Å². The van der Waals surface area contributed by atoms with Gasteiger partial charge in [-0.15, -0.1) is 0 Å². The molecule has 9 N–H and O–H groups in total. The Balaban J connectivity index is 1.72. The van der Waals surface area contributed by atoms with Crippen LogP contribution in [0, 0.1) is 0 Å². The Morgan fingerprint density at radius 2 is 0.537 bits per heavy atom. The zero-order chi connectivity index (χ0) is 39.9. The molecule has 0 atom stereocenters. The normalized spacial score (nSPS) is 10.4. The van der Waals surface area contributed by atoms with E-state index in [0.29, 0.717) is 0 Å². The van der Waals surface area contributed by atoms with Crippen LogP contribution < -0.4 is 16.0 Å². The van der Waals surface area contributed by atoms with E-state index in [2.05, 4.69) is 16.0 Å². The number of carboxylic acids is 6. The first kappa shape index (κ1) is 38.9. The van der Waals surface area contributed by atoms with E-state index in [1.165, 1.54) is 18.2 Å². The molecule has 18 nitrogen and oxygen atoms in total. The molecular weight excluding hydrogens is 714 g/mol. The monoisotopic (exact) mass is 741 g/mol. The van der Waals surface area contributed by atoms with Crippen LogP contribution in [0.5, 0.6) is 0 Å². The first-order valence-electron chi connectivity index (χ1n) is 15.3. The van der Waals surface area contributed by atoms with E-state index < -0.39 is 123 Å². The maximum Gasteiger partial charge on any atom is 0.336 e. The van der Waals surface area contributed by atoms with Crippen molar-refractivity contribution in [3.05, 3.63) is 140 Å². The van der Waals surface area contributed by atoms with Crippen molar-refractivity contribution in [2.75, 3.05) is 0 Å². The van der Waals surface area contributed by atoms with Crippen molar-refractivity contribution < 1.29 is 73.8 Å². The molecule has 4 aromatic carbocycles. The van der Waals surface area contributed by atoms with Crippen LogP contribution in [0.2, 0.25) is 0 Å². The molecule has 4 aromatic rings. The topological polar surface area (TPSA) is 311 Å². The van der Waals surface area contributed by atoms with E-state index in [0.717, 1.165) is 54.6 Å². The third-order valence-electron chi connectivity index (χ3n) is 7.91. The largest absolute Gasteiger partial charge is 0.478 e. The molecule has 18 heteroatoms. The number of benzene rings is 4. The number of hydrogen-bond acceptors (Lipinski definition) is 9. The van der Waals surface area contributed by atoms with Crippen molar-refractivity contribution in [1.82, 2.24) is 16.0 Å². The van der Waals surface area contributed by atoms with Gasteiger partial charge in [-0.05, 0) is 54.6 Å². The van der Waals surface area contributed by atoms with Crippen molar-refractivity contribution in [1.29, 1.82) is 0 Å². The number of rotatable bonds is 15. The predicted octanol–water partition coefficient (Wildman–Crippen LogP) is 2.67. The summed E-state index contributed by atoms with van der Waals surface area (Å²) in [4.78, 5) is 111. The summed E-state index contributed by atoms with van der Waals surface area (Å²) in [5.41, 5.74) is -4.70. The van der Waals surface area contributed by atoms with Gasteiger partial charge in [-0.3, -0.25) is 14.4 Å². The molecule has 0 aliphatic rings. The molecule has 0 saturated carbocycles. The summed E-state index contributed by atoms with van der Waals surface area (Å²) >= 11 is 0. The number of nitrogens with one attached hydrogen (secondary N) is 3. The number of hydrogen-bond donors (Lipinski definition) is 9. The van der Waals surface area contributed by atoms with E-state index in [1.807, 2.05) is 0 Å². The molecule has 0 aliphatic carbocycles. The maximum atomic E-state index is 13.4. The zero-order valence-electron chi connectivity index (χ0n) is 27.4. The Morgan fingerprint density at radius 1 is 0.352 bits per heavy atom. The minimum Gasteiger partial charge on any atom is -0.478 e. The van der Waals surface area contributed by atoms with Crippen LogP contribution in [0.25, 0.3) is 0 Å². The van der Waals surface area contributed by atoms with E-state index >= 15 is 0 Å². The van der Waals surface area contributed by atoms with Gasteiger partial charge in [0.25, 0.3) is 17.7 Å². The first-order chi connectivity index (χ1) is 25.5. The van der Waals surface area contributed by atoms with Gasteiger partial charge < -0.3 is 46.6 Å². The summed E-state index contributed by atoms with van der Waals surface area (Å²) < 4.78 is 0. The van der Waals surface area contributed by atoms with Crippen LogP contribution in [-0.2, 0) is 19.6 Å². The van der Waals surface area contributed by atoms with Gasteiger partial charge in [0.1, 0.15) is 0 Å². The number of carbonyl (C=O) groups is 9. The Kier molecular flexibility index (Phi) is 11.8. The average Bonchev–Trinajstić information content (AvgIpc) is 3.13. The lowest BCUT2D eigenvalue weighted by molar-refractivity contribution is 0.0673. The summed E-state index contributed by atoms with van der Waals surface area (Å²) in [6.45, 7) is -1.93. The lowest BCUT2D eigenvalue weighted by Gasteiger charge is -2.15. The van der Waals surface area contributed by atoms with E-state index in [4.69, 9.17) is 0 Å². The summed E-state index contributed by atoms with van der Waals surface area (Å²) in [6.07, 6.45) is 0. The summed E-state index contributed by atoms with van der Waals surface area (Å²) in [6, 6.07) is 13.2. The van der Waals surface area contributed by atoms with E-state index in [1.54, 1.807) is 0 Å². The second-order valence-corrected chi connectivity index (χ2v) is 11.2. The molecule has 0 aliphatic heterocycles. The second kappa shape index (κ2) is 16.4. The van der Waals surface area contributed by atoms with Crippen molar-refractivity contribution >= 4 is 53.5 Å². The number of aromatic carboxylic acids is 6. The minimum atomic E-state index is -1.49. The third-order valence-corrected chi connectivity index (χ3v) is 7.91. The van der Waals surface area contributed by atoms with Crippen molar-refractivity contribution in [3.8, 4) is 0 Å². The van der Waals surface area contributed by atoms with Gasteiger partial charge in [0.2, 0.25) is 0 Å². The highest BCUT2D eigenvalue weighted by atomic mass is 16.4. The van der Waals surface area contributed by atoms with Crippen molar-refractivity contribution in [2.24, 2.45) is 0 Å². The van der Waals surface area contributed by atoms with Crippen LogP contribution in [0.1, 0.15) is 110 Å². The number of amides is 3. The average molecular weight is 742 g/mol. The molecule has 0 radical (unpaired) electrons. The van der Waals surface area contributed by atoms with Crippen LogP contribution in [0.3, 0.4) is 0 Å². The first-order valence-corrected chi connectivity index (χ1v) is 15.3. The van der Waals surface area contributed by atoms with Gasteiger partial charge in [0.05, 0.1) is 33.4 Å². The molecule has 0 heterocycles. The highest BCUT2D eigenvalue weighted by molar-refractivity contribution is 6.05. The maximum absolute atomic E-state index is 13.4. The van der Waals surface area contributed by atoms with E-state index in [-0.39, 0.29) is 16.7 Å². The lowest BCUT2D eigenvalue weighted by atomic mass is 9.99. The smallest absolute Gasteiger partial charge is 0.336 e. The highest BCUT2D eigenvalue weighted by Gasteiger charge is 2.24. The minimum absolute atomic E-state index is 0.282. The number of carboxylic acid groups (broad SMARTS) is 6.